The molecular weight excluding hydrogens is 417 g/mol. The number of imide groups is 1. The molecule has 5 nitrogen and oxygen atoms in total. The number of nitrogens with one attached hydrogen (secondary N) is 1. The van der Waals surface area contributed by atoms with Crippen LogP contribution in [0.3, 0.4) is 0 Å². The summed E-state index contributed by atoms with van der Waals surface area (Å²) in [6, 6.07) is 22.1. The van der Waals surface area contributed by atoms with Crippen molar-refractivity contribution < 1.29 is 14.0 Å². The summed E-state index contributed by atoms with van der Waals surface area (Å²) in [6.07, 6.45) is 2.01. The number of rotatable bonds is 6. The van der Waals surface area contributed by atoms with Crippen LogP contribution in [0.15, 0.2) is 78.9 Å². The number of likely N-dealkylation sites (tertiary alicyclic amines) is 1. The van der Waals surface area contributed by atoms with Gasteiger partial charge in [-0.15, -0.1) is 0 Å². The predicted octanol–water partition coefficient (Wildman–Crippen LogP) is 4.50. The molecule has 170 valence electrons. The molecule has 0 saturated carbocycles. The second-order valence-electron chi connectivity index (χ2n) is 8.39. The first-order valence-electron chi connectivity index (χ1n) is 11.2. The maximum atomic E-state index is 15.7. The average molecular weight is 446 g/mol. The van der Waals surface area contributed by atoms with Gasteiger partial charge in [0.15, 0.2) is 5.82 Å². The van der Waals surface area contributed by atoms with Crippen molar-refractivity contribution >= 4 is 17.5 Å². The highest BCUT2D eigenvalue weighted by Gasteiger charge is 2.29. The molecule has 1 aliphatic heterocycles. The maximum Gasteiger partial charge on any atom is 0.265 e. The van der Waals surface area contributed by atoms with Crippen LogP contribution >= 0.6 is 0 Å². The van der Waals surface area contributed by atoms with Crippen molar-refractivity contribution in [2.24, 2.45) is 0 Å². The zero-order valence-corrected chi connectivity index (χ0v) is 18.7. The average Bonchev–Trinajstić information content (AvgIpc) is 2.86. The quantitative estimate of drug-likeness (QED) is 0.568. The van der Waals surface area contributed by atoms with E-state index in [0.29, 0.717) is 29.3 Å². The number of halogens is 1. The van der Waals surface area contributed by atoms with Crippen LogP contribution in [0.25, 0.3) is 0 Å². The first kappa shape index (κ1) is 22.8. The Hall–Kier alpha value is -3.35. The molecule has 0 unspecified atom stereocenters. The van der Waals surface area contributed by atoms with Crippen molar-refractivity contribution in [3.63, 3.8) is 0 Å². The third kappa shape index (κ3) is 5.35. The normalized spacial score (nSPS) is 14.7. The number of hydrogen-bond acceptors (Lipinski definition) is 4. The highest BCUT2D eigenvalue weighted by molar-refractivity contribution is 6.25. The summed E-state index contributed by atoms with van der Waals surface area (Å²) in [6.45, 7) is 2.34. The molecule has 3 aromatic rings. The summed E-state index contributed by atoms with van der Waals surface area (Å²) in [5.74, 6) is -1.70. The van der Waals surface area contributed by atoms with Crippen molar-refractivity contribution in [2.45, 2.75) is 25.4 Å². The van der Waals surface area contributed by atoms with Crippen LogP contribution in [0, 0.1) is 5.82 Å². The fraction of sp³-hybridized carbons (Fsp3) is 0.259. The highest BCUT2D eigenvalue weighted by Crippen LogP contribution is 2.26. The molecule has 1 saturated heterocycles. The molecular formula is C27H28FN3O2. The second kappa shape index (κ2) is 10.5. The van der Waals surface area contributed by atoms with E-state index in [4.69, 9.17) is 0 Å². The zero-order valence-electron chi connectivity index (χ0n) is 18.7. The van der Waals surface area contributed by atoms with Crippen LogP contribution in [0.4, 0.5) is 10.1 Å². The fourth-order valence-corrected chi connectivity index (χ4v) is 4.07. The first-order chi connectivity index (χ1) is 16.0. The topological polar surface area (TPSA) is 52.6 Å². The number of carbonyl (C=O) groups excluding carboxylic acids is 2. The Labute approximate surface area is 193 Å². The van der Waals surface area contributed by atoms with Crippen LogP contribution in [0.1, 0.15) is 39.1 Å². The van der Waals surface area contributed by atoms with Gasteiger partial charge in [-0.2, -0.15) is 0 Å². The van der Waals surface area contributed by atoms with Gasteiger partial charge in [-0.25, -0.2) is 9.29 Å². The summed E-state index contributed by atoms with van der Waals surface area (Å²) in [5, 5.41) is 3.43. The van der Waals surface area contributed by atoms with Gasteiger partial charge in [-0.3, -0.25) is 9.59 Å². The fourth-order valence-electron chi connectivity index (χ4n) is 4.07. The molecule has 4 rings (SSSR count). The number of hydrogen-bond donors (Lipinski definition) is 1. The van der Waals surface area contributed by atoms with Crippen LogP contribution in [0.2, 0.25) is 0 Å². The monoisotopic (exact) mass is 445 g/mol. The summed E-state index contributed by atoms with van der Waals surface area (Å²) in [4.78, 5) is 30.0. The molecule has 0 atom stereocenters. The second-order valence-corrected chi connectivity index (χ2v) is 8.39. The lowest BCUT2D eigenvalue weighted by molar-refractivity contribution is 0.0896. The van der Waals surface area contributed by atoms with Gasteiger partial charge in [0.2, 0.25) is 0 Å². The van der Waals surface area contributed by atoms with E-state index in [2.05, 4.69) is 17.3 Å². The van der Waals surface area contributed by atoms with E-state index < -0.39 is 17.6 Å². The van der Waals surface area contributed by atoms with Gasteiger partial charge < -0.3 is 10.2 Å². The number of anilines is 1. The standard InChI is InChI=1S/C27H28FN3O2/c1-30-17-15-23(16-18-30)29-19-22-13-8-14-24(25(22)28)31(26(32)20-9-4-2-5-10-20)27(33)21-11-6-3-7-12-21/h2-14,23,29H,15-19H2,1H3. The van der Waals surface area contributed by atoms with Gasteiger partial charge >= 0.3 is 0 Å². The lowest BCUT2D eigenvalue weighted by atomic mass is 10.0. The lowest BCUT2D eigenvalue weighted by Gasteiger charge is -2.29. The number of carbonyl (C=O) groups is 2. The van der Waals surface area contributed by atoms with Gasteiger partial charge in [0.25, 0.3) is 11.8 Å². The van der Waals surface area contributed by atoms with E-state index in [1.54, 1.807) is 72.8 Å². The molecule has 0 aromatic heterocycles. The lowest BCUT2D eigenvalue weighted by Crippen LogP contribution is -2.40. The van der Waals surface area contributed by atoms with Gasteiger partial charge in [0.05, 0.1) is 5.69 Å². The Morgan fingerprint density at radius 1 is 0.879 bits per heavy atom. The Morgan fingerprint density at radius 2 is 1.42 bits per heavy atom. The van der Waals surface area contributed by atoms with Crippen molar-refractivity contribution in [1.82, 2.24) is 10.2 Å². The largest absolute Gasteiger partial charge is 0.310 e. The summed E-state index contributed by atoms with van der Waals surface area (Å²) in [5.41, 5.74) is 1.02. The number of amides is 2. The third-order valence-electron chi connectivity index (χ3n) is 6.05. The van der Waals surface area contributed by atoms with Crippen LogP contribution in [-0.2, 0) is 6.54 Å². The molecule has 2 amide bonds. The van der Waals surface area contributed by atoms with Crippen LogP contribution in [-0.4, -0.2) is 42.9 Å². The summed E-state index contributed by atoms with van der Waals surface area (Å²) < 4.78 is 15.7. The van der Waals surface area contributed by atoms with E-state index in [0.717, 1.165) is 30.8 Å². The molecule has 0 aliphatic carbocycles. The van der Waals surface area contributed by atoms with Gasteiger partial charge in [-0.1, -0.05) is 48.5 Å². The Kier molecular flexibility index (Phi) is 7.27. The Morgan fingerprint density at radius 3 is 1.97 bits per heavy atom. The maximum absolute atomic E-state index is 15.7. The minimum absolute atomic E-state index is 0.0413. The van der Waals surface area contributed by atoms with E-state index in [1.807, 2.05) is 0 Å². The minimum atomic E-state index is -0.566. The first-order valence-corrected chi connectivity index (χ1v) is 11.2. The smallest absolute Gasteiger partial charge is 0.265 e. The molecule has 3 aromatic carbocycles. The Balaban J connectivity index is 1.64. The molecule has 1 N–H and O–H groups in total. The number of benzene rings is 3. The van der Waals surface area contributed by atoms with E-state index in [1.165, 1.54) is 6.07 Å². The molecule has 1 heterocycles. The molecule has 1 fully saturated rings. The van der Waals surface area contributed by atoms with Crippen molar-refractivity contribution in [1.29, 1.82) is 0 Å². The SMILES string of the molecule is CN1CCC(NCc2cccc(N(C(=O)c3ccccc3)C(=O)c3ccccc3)c2F)CC1. The zero-order chi connectivity index (χ0) is 23.2. The molecule has 6 heteroatoms. The van der Waals surface area contributed by atoms with Gasteiger partial charge in [-0.05, 0) is 63.3 Å². The molecule has 0 bridgehead atoms. The van der Waals surface area contributed by atoms with Crippen LogP contribution < -0.4 is 10.2 Å². The predicted molar refractivity (Wildman–Crippen MR) is 128 cm³/mol. The van der Waals surface area contributed by atoms with Crippen molar-refractivity contribution in [2.75, 3.05) is 25.0 Å². The Bertz CT molecular complexity index is 1050. The van der Waals surface area contributed by atoms with Gasteiger partial charge in [0, 0.05) is 29.3 Å². The van der Waals surface area contributed by atoms with Gasteiger partial charge in [0.1, 0.15) is 0 Å². The summed E-state index contributed by atoms with van der Waals surface area (Å²) in [7, 11) is 2.10. The molecule has 0 spiro atoms. The molecule has 1 aliphatic rings. The molecule has 33 heavy (non-hydrogen) atoms. The summed E-state index contributed by atoms with van der Waals surface area (Å²) >= 11 is 0. The number of nitrogens with zero attached hydrogens (tertiary/aromatic N) is 2. The van der Waals surface area contributed by atoms with Crippen molar-refractivity contribution in [3.05, 3.63) is 101 Å². The van der Waals surface area contributed by atoms with E-state index >= 15 is 4.39 Å². The minimum Gasteiger partial charge on any atom is -0.310 e. The molecule has 0 radical (unpaired) electrons. The van der Waals surface area contributed by atoms with E-state index in [9.17, 15) is 9.59 Å². The van der Waals surface area contributed by atoms with Crippen LogP contribution in [0.5, 0.6) is 0 Å². The van der Waals surface area contributed by atoms with E-state index in [-0.39, 0.29) is 5.69 Å². The third-order valence-corrected chi connectivity index (χ3v) is 6.05. The number of piperidine rings is 1. The van der Waals surface area contributed by atoms with Crippen molar-refractivity contribution in [3.8, 4) is 0 Å². The highest BCUT2D eigenvalue weighted by atomic mass is 19.1.